The van der Waals surface area contributed by atoms with Crippen molar-refractivity contribution in [2.24, 2.45) is 4.99 Å². The number of nitrogens with one attached hydrogen (secondary N) is 2. The van der Waals surface area contributed by atoms with Gasteiger partial charge in [-0.2, -0.15) is 0 Å². The lowest BCUT2D eigenvalue weighted by atomic mass is 10.1. The van der Waals surface area contributed by atoms with E-state index in [2.05, 4.69) is 15.6 Å². The summed E-state index contributed by atoms with van der Waals surface area (Å²) in [6, 6.07) is 12.5. The number of benzene rings is 2. The molecule has 162 valence electrons. The van der Waals surface area contributed by atoms with Gasteiger partial charge in [0.1, 0.15) is 0 Å². The van der Waals surface area contributed by atoms with Crippen LogP contribution >= 0.6 is 0 Å². The van der Waals surface area contributed by atoms with Crippen molar-refractivity contribution in [3.8, 4) is 5.75 Å². The zero-order valence-electron chi connectivity index (χ0n) is 18.2. The van der Waals surface area contributed by atoms with Crippen LogP contribution in [0.2, 0.25) is 0 Å². The molecule has 2 rings (SSSR count). The third kappa shape index (κ3) is 7.06. The van der Waals surface area contributed by atoms with E-state index in [1.54, 1.807) is 25.1 Å². The normalized spacial score (nSPS) is 11.2. The Bertz CT molecular complexity index is 868. The number of nitrogens with zero attached hydrogens (tertiary/aromatic N) is 2. The van der Waals surface area contributed by atoms with Gasteiger partial charge in [-0.05, 0) is 55.7 Å². The van der Waals surface area contributed by atoms with Crippen LogP contribution in [0.4, 0.5) is 4.39 Å². The van der Waals surface area contributed by atoms with Crippen LogP contribution in [0, 0.1) is 5.82 Å². The first-order chi connectivity index (χ1) is 14.4. The Hall–Kier alpha value is -3.09. The van der Waals surface area contributed by atoms with Gasteiger partial charge in [0.15, 0.2) is 17.5 Å². The van der Waals surface area contributed by atoms with E-state index >= 15 is 0 Å². The maximum atomic E-state index is 14.0. The summed E-state index contributed by atoms with van der Waals surface area (Å²) in [7, 11) is 3.48. The van der Waals surface area contributed by atoms with Gasteiger partial charge in [0.05, 0.1) is 13.2 Å². The monoisotopic (exact) mass is 414 g/mol. The van der Waals surface area contributed by atoms with E-state index in [4.69, 9.17) is 4.74 Å². The van der Waals surface area contributed by atoms with E-state index in [1.165, 1.54) is 6.07 Å². The molecular formula is C23H31FN4O2. The van der Waals surface area contributed by atoms with Crippen LogP contribution in [-0.2, 0) is 13.0 Å². The van der Waals surface area contributed by atoms with Gasteiger partial charge >= 0.3 is 0 Å². The summed E-state index contributed by atoms with van der Waals surface area (Å²) >= 11 is 0. The largest absolute Gasteiger partial charge is 0.491 e. The minimum Gasteiger partial charge on any atom is -0.491 e. The van der Waals surface area contributed by atoms with E-state index in [0.29, 0.717) is 31.2 Å². The maximum absolute atomic E-state index is 14.0. The van der Waals surface area contributed by atoms with Gasteiger partial charge < -0.3 is 20.3 Å². The Morgan fingerprint density at radius 1 is 1.10 bits per heavy atom. The second kappa shape index (κ2) is 11.8. The third-order valence-corrected chi connectivity index (χ3v) is 4.35. The smallest absolute Gasteiger partial charge is 0.253 e. The van der Waals surface area contributed by atoms with E-state index in [1.807, 2.05) is 44.2 Å². The number of carbonyl (C=O) groups excluding carboxylic acids is 1. The molecule has 30 heavy (non-hydrogen) atoms. The number of ether oxygens (including phenoxy) is 1. The van der Waals surface area contributed by atoms with Crippen molar-refractivity contribution in [3.63, 3.8) is 0 Å². The van der Waals surface area contributed by atoms with Crippen LogP contribution < -0.4 is 15.4 Å². The van der Waals surface area contributed by atoms with Crippen LogP contribution in [0.1, 0.15) is 35.3 Å². The number of aliphatic imine (C=N–C) groups is 1. The molecule has 0 aliphatic rings. The summed E-state index contributed by atoms with van der Waals surface area (Å²) in [5.74, 6) is 0.523. The van der Waals surface area contributed by atoms with E-state index in [0.717, 1.165) is 24.1 Å². The fraction of sp³-hybridized carbons (Fsp3) is 0.391. The quantitative estimate of drug-likeness (QED) is 0.488. The Morgan fingerprint density at radius 2 is 1.90 bits per heavy atom. The number of guanidine groups is 1. The zero-order valence-corrected chi connectivity index (χ0v) is 18.2. The molecule has 2 aromatic rings. The summed E-state index contributed by atoms with van der Waals surface area (Å²) < 4.78 is 19.2. The van der Waals surface area contributed by atoms with Crippen molar-refractivity contribution in [2.45, 2.75) is 26.8 Å². The molecule has 0 aliphatic carbocycles. The SMILES string of the molecule is CCNC(=NCc1ccc(OCC)c(F)c1)NCCc1cccc(C(=O)N(C)C)c1. The summed E-state index contributed by atoms with van der Waals surface area (Å²) in [6.07, 6.45) is 0.747. The van der Waals surface area contributed by atoms with Gasteiger partial charge in [-0.3, -0.25) is 4.79 Å². The van der Waals surface area contributed by atoms with Crippen molar-refractivity contribution in [1.82, 2.24) is 15.5 Å². The van der Waals surface area contributed by atoms with E-state index in [-0.39, 0.29) is 17.5 Å². The number of hydrogen-bond acceptors (Lipinski definition) is 3. The van der Waals surface area contributed by atoms with Gasteiger partial charge in [0, 0.05) is 32.7 Å². The standard InChI is InChI=1S/C23H31FN4O2/c1-5-25-23(27-16-18-10-11-21(30-6-2)20(24)15-18)26-13-12-17-8-7-9-19(14-17)22(29)28(3)4/h7-11,14-15H,5-6,12-13,16H2,1-4H3,(H2,25,26,27). The van der Waals surface area contributed by atoms with Crippen molar-refractivity contribution in [1.29, 1.82) is 0 Å². The zero-order chi connectivity index (χ0) is 21.9. The molecule has 0 atom stereocenters. The Morgan fingerprint density at radius 3 is 2.57 bits per heavy atom. The number of amides is 1. The average molecular weight is 415 g/mol. The second-order valence-corrected chi connectivity index (χ2v) is 6.97. The lowest BCUT2D eigenvalue weighted by Gasteiger charge is -2.13. The summed E-state index contributed by atoms with van der Waals surface area (Å²) in [5.41, 5.74) is 2.51. The number of rotatable bonds is 9. The highest BCUT2D eigenvalue weighted by Crippen LogP contribution is 2.18. The highest BCUT2D eigenvalue weighted by atomic mass is 19.1. The van der Waals surface area contributed by atoms with E-state index < -0.39 is 0 Å². The van der Waals surface area contributed by atoms with Crippen LogP contribution in [0.3, 0.4) is 0 Å². The molecule has 1 amide bonds. The molecule has 0 heterocycles. The highest BCUT2D eigenvalue weighted by Gasteiger charge is 2.08. The Labute approximate surface area is 178 Å². The predicted molar refractivity (Wildman–Crippen MR) is 119 cm³/mol. The minimum absolute atomic E-state index is 0.0118. The number of carbonyl (C=O) groups is 1. The molecule has 0 bridgehead atoms. The molecule has 6 nitrogen and oxygen atoms in total. The van der Waals surface area contributed by atoms with E-state index in [9.17, 15) is 9.18 Å². The lowest BCUT2D eigenvalue weighted by molar-refractivity contribution is 0.0827. The molecule has 2 N–H and O–H groups in total. The van der Waals surface area contributed by atoms with Crippen molar-refractivity contribution >= 4 is 11.9 Å². The van der Waals surface area contributed by atoms with Crippen molar-refractivity contribution < 1.29 is 13.9 Å². The summed E-state index contributed by atoms with van der Waals surface area (Å²) in [6.45, 7) is 5.96. The van der Waals surface area contributed by atoms with Crippen LogP contribution in [0.15, 0.2) is 47.5 Å². The molecule has 0 aliphatic heterocycles. The third-order valence-electron chi connectivity index (χ3n) is 4.35. The maximum Gasteiger partial charge on any atom is 0.253 e. The van der Waals surface area contributed by atoms with Gasteiger partial charge in [0.2, 0.25) is 0 Å². The van der Waals surface area contributed by atoms with Crippen LogP contribution in [0.5, 0.6) is 5.75 Å². The topological polar surface area (TPSA) is 66.0 Å². The predicted octanol–water partition coefficient (Wildman–Crippen LogP) is 3.22. The molecule has 0 aromatic heterocycles. The van der Waals surface area contributed by atoms with Gasteiger partial charge in [-0.1, -0.05) is 18.2 Å². The molecule has 7 heteroatoms. The van der Waals surface area contributed by atoms with Gasteiger partial charge in [-0.15, -0.1) is 0 Å². The molecule has 0 saturated heterocycles. The highest BCUT2D eigenvalue weighted by molar-refractivity contribution is 5.94. The number of hydrogen-bond donors (Lipinski definition) is 2. The molecule has 0 unspecified atom stereocenters. The Balaban J connectivity index is 1.95. The van der Waals surface area contributed by atoms with Gasteiger partial charge in [0.25, 0.3) is 5.91 Å². The molecule has 0 radical (unpaired) electrons. The first kappa shape index (κ1) is 23.2. The second-order valence-electron chi connectivity index (χ2n) is 6.97. The van der Waals surface area contributed by atoms with Crippen LogP contribution in [-0.4, -0.2) is 50.6 Å². The fourth-order valence-corrected chi connectivity index (χ4v) is 2.87. The fourth-order valence-electron chi connectivity index (χ4n) is 2.87. The minimum atomic E-state index is -0.380. The first-order valence-electron chi connectivity index (χ1n) is 10.2. The average Bonchev–Trinajstić information content (AvgIpc) is 2.73. The molecule has 0 saturated carbocycles. The van der Waals surface area contributed by atoms with Gasteiger partial charge in [-0.25, -0.2) is 9.38 Å². The molecular weight excluding hydrogens is 383 g/mol. The van der Waals surface area contributed by atoms with Crippen molar-refractivity contribution in [2.75, 3.05) is 33.8 Å². The lowest BCUT2D eigenvalue weighted by Crippen LogP contribution is -2.38. The molecule has 0 spiro atoms. The van der Waals surface area contributed by atoms with Crippen LogP contribution in [0.25, 0.3) is 0 Å². The molecule has 0 fully saturated rings. The number of halogens is 1. The van der Waals surface area contributed by atoms with Crippen molar-refractivity contribution in [3.05, 3.63) is 65.0 Å². The Kier molecular flexibility index (Phi) is 9.12. The first-order valence-corrected chi connectivity index (χ1v) is 10.2. The molecule has 2 aromatic carbocycles. The summed E-state index contributed by atoms with van der Waals surface area (Å²) in [5, 5.41) is 6.47. The summed E-state index contributed by atoms with van der Waals surface area (Å²) in [4.78, 5) is 18.2.